The molecule has 0 saturated carbocycles. The summed E-state index contributed by atoms with van der Waals surface area (Å²) in [5.74, 6) is -0.529. The molecular formula is C17H16N4O2. The number of rotatable bonds is 5. The summed E-state index contributed by atoms with van der Waals surface area (Å²) in [4.78, 5) is 12.0. The number of hydrogen-bond acceptors (Lipinski definition) is 4. The third-order valence-corrected chi connectivity index (χ3v) is 3.58. The summed E-state index contributed by atoms with van der Waals surface area (Å²) in [5, 5.41) is 17.2. The molecular weight excluding hydrogens is 292 g/mol. The normalized spacial score (nSPS) is 11.9. The van der Waals surface area contributed by atoms with Gasteiger partial charge in [0.2, 0.25) is 0 Å². The number of aromatic nitrogens is 3. The molecule has 23 heavy (non-hydrogen) atoms. The van der Waals surface area contributed by atoms with E-state index in [1.807, 2.05) is 60.7 Å². The first kappa shape index (κ1) is 14.9. The molecule has 3 aromatic rings. The summed E-state index contributed by atoms with van der Waals surface area (Å²) in [6, 6.07) is 18.5. The molecule has 1 heterocycles. The van der Waals surface area contributed by atoms with Crippen LogP contribution in [0.4, 0.5) is 0 Å². The topological polar surface area (TPSA) is 80.0 Å². The first-order valence-corrected chi connectivity index (χ1v) is 7.23. The Morgan fingerprint density at radius 2 is 1.74 bits per heavy atom. The smallest absolute Gasteiger partial charge is 0.268 e. The monoisotopic (exact) mass is 308 g/mol. The lowest BCUT2D eigenvalue weighted by Gasteiger charge is -2.14. The van der Waals surface area contributed by atoms with Gasteiger partial charge in [0, 0.05) is 12.0 Å². The Labute approximate surface area is 133 Å². The maximum absolute atomic E-state index is 12.0. The molecule has 1 atom stereocenters. The van der Waals surface area contributed by atoms with Crippen LogP contribution in [0.1, 0.15) is 11.6 Å². The summed E-state index contributed by atoms with van der Waals surface area (Å²) in [7, 11) is 0. The zero-order valence-electron chi connectivity index (χ0n) is 12.3. The Balaban J connectivity index is 1.89. The predicted octanol–water partition coefficient (Wildman–Crippen LogP) is 2.23. The molecule has 0 radical (unpaired) electrons. The van der Waals surface area contributed by atoms with Crippen molar-refractivity contribution in [3.8, 4) is 11.3 Å². The third-order valence-electron chi connectivity index (χ3n) is 3.58. The van der Waals surface area contributed by atoms with Gasteiger partial charge in [-0.2, -0.15) is 0 Å². The van der Waals surface area contributed by atoms with Gasteiger partial charge in [0.05, 0.1) is 6.20 Å². The molecule has 3 rings (SSSR count). The molecule has 6 heteroatoms. The van der Waals surface area contributed by atoms with Crippen LogP contribution in [0.5, 0.6) is 0 Å². The lowest BCUT2D eigenvalue weighted by Crippen LogP contribution is -2.32. The maximum atomic E-state index is 12.0. The van der Waals surface area contributed by atoms with Crippen LogP contribution >= 0.6 is 0 Å². The molecule has 0 unspecified atom stereocenters. The first-order valence-electron chi connectivity index (χ1n) is 7.23. The first-order chi connectivity index (χ1) is 11.3. The highest BCUT2D eigenvalue weighted by Crippen LogP contribution is 2.19. The van der Waals surface area contributed by atoms with Crippen LogP contribution in [0.15, 0.2) is 66.9 Å². The highest BCUT2D eigenvalue weighted by Gasteiger charge is 2.22. The van der Waals surface area contributed by atoms with Crippen LogP contribution in [0, 0.1) is 0 Å². The summed E-state index contributed by atoms with van der Waals surface area (Å²) in [5.41, 5.74) is 4.27. The SMILES string of the molecule is O=C(NO)[C@H](Cc1ccccc1)n1cc(-c2ccccc2)nn1. The van der Waals surface area contributed by atoms with Crippen molar-refractivity contribution in [3.63, 3.8) is 0 Å². The average Bonchev–Trinajstić information content (AvgIpc) is 3.10. The quantitative estimate of drug-likeness (QED) is 0.559. The van der Waals surface area contributed by atoms with Gasteiger partial charge in [-0.3, -0.25) is 10.0 Å². The minimum Gasteiger partial charge on any atom is -0.289 e. The van der Waals surface area contributed by atoms with Crippen molar-refractivity contribution in [2.45, 2.75) is 12.5 Å². The second-order valence-electron chi connectivity index (χ2n) is 5.13. The summed E-state index contributed by atoms with van der Waals surface area (Å²) in [6.07, 6.45) is 2.11. The van der Waals surface area contributed by atoms with Crippen molar-refractivity contribution in [1.29, 1.82) is 0 Å². The van der Waals surface area contributed by atoms with Gasteiger partial charge in [-0.15, -0.1) is 5.10 Å². The number of benzene rings is 2. The molecule has 0 aliphatic rings. The molecule has 0 aliphatic carbocycles. The van der Waals surface area contributed by atoms with Crippen molar-refractivity contribution in [3.05, 3.63) is 72.4 Å². The van der Waals surface area contributed by atoms with Crippen LogP contribution in [0.3, 0.4) is 0 Å². The van der Waals surface area contributed by atoms with Crippen molar-refractivity contribution in [2.75, 3.05) is 0 Å². The Bertz CT molecular complexity index is 772. The molecule has 0 saturated heterocycles. The zero-order chi connectivity index (χ0) is 16.1. The largest absolute Gasteiger partial charge is 0.289 e. The third kappa shape index (κ3) is 3.44. The standard InChI is InChI=1S/C17H16N4O2/c22-17(19-23)16(11-13-7-3-1-4-8-13)21-12-15(18-20-21)14-9-5-2-6-10-14/h1-10,12,16,23H,11H2,(H,19,22)/t16-/m0/s1. The average molecular weight is 308 g/mol. The van der Waals surface area contributed by atoms with Crippen LogP contribution in [-0.4, -0.2) is 26.1 Å². The molecule has 0 aliphatic heterocycles. The molecule has 0 spiro atoms. The Kier molecular flexibility index (Phi) is 4.44. The fourth-order valence-electron chi connectivity index (χ4n) is 2.39. The number of amides is 1. The Morgan fingerprint density at radius 3 is 2.39 bits per heavy atom. The predicted molar refractivity (Wildman–Crippen MR) is 84.6 cm³/mol. The Morgan fingerprint density at radius 1 is 1.09 bits per heavy atom. The van der Waals surface area contributed by atoms with Crippen molar-refractivity contribution in [1.82, 2.24) is 20.5 Å². The number of carbonyl (C=O) groups excluding carboxylic acids is 1. The van der Waals surface area contributed by atoms with E-state index in [9.17, 15) is 4.79 Å². The second-order valence-corrected chi connectivity index (χ2v) is 5.13. The summed E-state index contributed by atoms with van der Waals surface area (Å²) in [6.45, 7) is 0. The highest BCUT2D eigenvalue weighted by atomic mass is 16.5. The fraction of sp³-hybridized carbons (Fsp3) is 0.118. The molecule has 0 bridgehead atoms. The van der Waals surface area contributed by atoms with Crippen molar-refractivity contribution >= 4 is 5.91 Å². The zero-order valence-corrected chi connectivity index (χ0v) is 12.3. The maximum Gasteiger partial charge on any atom is 0.268 e. The van der Waals surface area contributed by atoms with Gasteiger partial charge in [0.1, 0.15) is 11.7 Å². The fourth-order valence-corrected chi connectivity index (χ4v) is 2.39. The number of nitrogens with zero attached hydrogens (tertiary/aromatic N) is 3. The van der Waals surface area contributed by atoms with Gasteiger partial charge in [0.15, 0.2) is 0 Å². The van der Waals surface area contributed by atoms with Crippen molar-refractivity contribution < 1.29 is 10.0 Å². The molecule has 2 N–H and O–H groups in total. The summed E-state index contributed by atoms with van der Waals surface area (Å²) < 4.78 is 1.47. The van der Waals surface area contributed by atoms with Gasteiger partial charge in [-0.25, -0.2) is 10.2 Å². The van der Waals surface area contributed by atoms with Crippen LogP contribution in [-0.2, 0) is 11.2 Å². The lowest BCUT2D eigenvalue weighted by atomic mass is 10.1. The molecule has 1 amide bonds. The van der Waals surface area contributed by atoms with Gasteiger partial charge >= 0.3 is 0 Å². The van der Waals surface area contributed by atoms with Gasteiger partial charge in [-0.1, -0.05) is 65.9 Å². The van der Waals surface area contributed by atoms with Crippen LogP contribution in [0.2, 0.25) is 0 Å². The second kappa shape index (κ2) is 6.85. The summed E-state index contributed by atoms with van der Waals surface area (Å²) >= 11 is 0. The van der Waals surface area contributed by atoms with E-state index >= 15 is 0 Å². The highest BCUT2D eigenvalue weighted by molar-refractivity contribution is 5.79. The van der Waals surface area contributed by atoms with E-state index in [1.54, 1.807) is 11.7 Å². The van der Waals surface area contributed by atoms with Gasteiger partial charge in [-0.05, 0) is 5.56 Å². The minimum absolute atomic E-state index is 0.408. The lowest BCUT2D eigenvalue weighted by molar-refractivity contribution is -0.133. The molecule has 2 aromatic carbocycles. The van der Waals surface area contributed by atoms with E-state index in [4.69, 9.17) is 5.21 Å². The molecule has 6 nitrogen and oxygen atoms in total. The van der Waals surface area contributed by atoms with E-state index in [2.05, 4.69) is 10.3 Å². The number of nitrogens with one attached hydrogen (secondary N) is 1. The van der Waals surface area contributed by atoms with E-state index in [-0.39, 0.29) is 0 Å². The number of hydrogen-bond donors (Lipinski definition) is 2. The van der Waals surface area contributed by atoms with E-state index in [1.165, 1.54) is 4.68 Å². The van der Waals surface area contributed by atoms with Gasteiger partial charge < -0.3 is 0 Å². The van der Waals surface area contributed by atoms with Crippen LogP contribution < -0.4 is 5.48 Å². The van der Waals surface area contributed by atoms with Crippen molar-refractivity contribution in [2.24, 2.45) is 0 Å². The van der Waals surface area contributed by atoms with Crippen LogP contribution in [0.25, 0.3) is 11.3 Å². The minimum atomic E-state index is -0.674. The van der Waals surface area contributed by atoms with E-state index in [0.29, 0.717) is 12.1 Å². The molecule has 116 valence electrons. The number of hydroxylamine groups is 1. The molecule has 1 aromatic heterocycles. The van der Waals surface area contributed by atoms with E-state index in [0.717, 1.165) is 11.1 Å². The Hall–Kier alpha value is -2.99. The van der Waals surface area contributed by atoms with Gasteiger partial charge in [0.25, 0.3) is 5.91 Å². The van der Waals surface area contributed by atoms with E-state index < -0.39 is 11.9 Å². The molecule has 0 fully saturated rings. The number of carbonyl (C=O) groups is 1.